The minimum atomic E-state index is -3.56. The Morgan fingerprint density at radius 3 is 2.83 bits per heavy atom. The fourth-order valence-corrected chi connectivity index (χ4v) is 3.28. The van der Waals surface area contributed by atoms with Crippen molar-refractivity contribution in [1.29, 1.82) is 0 Å². The summed E-state index contributed by atoms with van der Waals surface area (Å²) in [5.41, 5.74) is 0. The lowest BCUT2D eigenvalue weighted by Crippen LogP contribution is -2.37. The Balaban J connectivity index is 2.73. The van der Waals surface area contributed by atoms with Gasteiger partial charge in [-0.05, 0) is 13.3 Å². The number of hydrogen-bond acceptors (Lipinski definition) is 4. The van der Waals surface area contributed by atoms with Gasteiger partial charge in [0.05, 0.1) is 6.33 Å². The predicted octanol–water partition coefficient (Wildman–Crippen LogP) is 0.981. The van der Waals surface area contributed by atoms with Crippen LogP contribution in [0.15, 0.2) is 17.6 Å². The number of nitrogens with zero attached hydrogens (tertiary/aromatic N) is 2. The van der Waals surface area contributed by atoms with E-state index in [0.717, 1.165) is 0 Å². The van der Waals surface area contributed by atoms with E-state index >= 15 is 0 Å². The Bertz CT molecular complexity index is 461. The molecule has 1 atom stereocenters. The van der Waals surface area contributed by atoms with E-state index in [1.54, 1.807) is 11.7 Å². The first-order chi connectivity index (χ1) is 8.53. The second-order valence-electron chi connectivity index (χ2n) is 3.80. The molecule has 0 aliphatic heterocycles. The number of methoxy groups -OCH3 is 1. The zero-order valence-corrected chi connectivity index (χ0v) is 12.9. The van der Waals surface area contributed by atoms with Crippen LogP contribution in [0.5, 0.6) is 0 Å². The Kier molecular flexibility index (Phi) is 6.27. The molecule has 1 unspecified atom stereocenters. The Hall–Kier alpha value is -0.440. The van der Waals surface area contributed by atoms with Crippen LogP contribution in [-0.2, 0) is 21.3 Å². The van der Waals surface area contributed by atoms with Crippen molar-refractivity contribution >= 4 is 26.0 Å². The molecular formula is C10H18BrN3O3S. The van der Waals surface area contributed by atoms with Gasteiger partial charge in [0.2, 0.25) is 0 Å². The quantitative estimate of drug-likeness (QED) is 0.716. The number of alkyl halides is 1. The normalized spacial score (nSPS) is 13.7. The number of ether oxygens (including phenoxy) is 1. The van der Waals surface area contributed by atoms with E-state index in [4.69, 9.17) is 4.74 Å². The number of imidazole rings is 1. The number of halogens is 1. The van der Waals surface area contributed by atoms with Crippen molar-refractivity contribution in [3.8, 4) is 0 Å². The maximum atomic E-state index is 12.0. The fourth-order valence-electron chi connectivity index (χ4n) is 1.36. The summed E-state index contributed by atoms with van der Waals surface area (Å²) in [5.74, 6) is 0. The van der Waals surface area contributed by atoms with Gasteiger partial charge in [0.15, 0.2) is 5.03 Å². The van der Waals surface area contributed by atoms with Gasteiger partial charge in [-0.2, -0.15) is 0 Å². The van der Waals surface area contributed by atoms with Crippen LogP contribution in [0, 0.1) is 0 Å². The third kappa shape index (κ3) is 4.34. The molecule has 0 saturated heterocycles. The summed E-state index contributed by atoms with van der Waals surface area (Å²) in [4.78, 5) is 3.89. The number of aromatic nitrogens is 2. The molecule has 0 aliphatic rings. The van der Waals surface area contributed by atoms with Crippen molar-refractivity contribution in [3.63, 3.8) is 0 Å². The van der Waals surface area contributed by atoms with Crippen LogP contribution in [0.3, 0.4) is 0 Å². The third-order valence-corrected chi connectivity index (χ3v) is 4.62. The van der Waals surface area contributed by atoms with E-state index in [9.17, 15) is 8.42 Å². The molecule has 6 nitrogen and oxygen atoms in total. The lowest BCUT2D eigenvalue weighted by molar-refractivity contribution is 0.188. The lowest BCUT2D eigenvalue weighted by Gasteiger charge is -2.14. The average molecular weight is 340 g/mol. The molecule has 8 heteroatoms. The summed E-state index contributed by atoms with van der Waals surface area (Å²) < 4.78 is 33.3. The van der Waals surface area contributed by atoms with Gasteiger partial charge in [0.1, 0.15) is 0 Å². The average Bonchev–Trinajstić information content (AvgIpc) is 2.83. The van der Waals surface area contributed by atoms with Gasteiger partial charge < -0.3 is 9.30 Å². The molecule has 0 aromatic carbocycles. The van der Waals surface area contributed by atoms with Crippen molar-refractivity contribution < 1.29 is 13.2 Å². The van der Waals surface area contributed by atoms with Crippen LogP contribution in [0.2, 0.25) is 0 Å². The highest BCUT2D eigenvalue weighted by molar-refractivity contribution is 9.09. The van der Waals surface area contributed by atoms with Crippen LogP contribution < -0.4 is 4.72 Å². The van der Waals surface area contributed by atoms with Crippen molar-refractivity contribution in [1.82, 2.24) is 14.3 Å². The molecule has 1 N–H and O–H groups in total. The zero-order chi connectivity index (χ0) is 13.6. The van der Waals surface area contributed by atoms with Crippen LogP contribution in [0.25, 0.3) is 0 Å². The number of aryl methyl sites for hydroxylation is 1. The van der Waals surface area contributed by atoms with E-state index < -0.39 is 10.0 Å². The highest BCUT2D eigenvalue weighted by Gasteiger charge is 2.21. The summed E-state index contributed by atoms with van der Waals surface area (Å²) in [6.07, 6.45) is 3.63. The third-order valence-electron chi connectivity index (χ3n) is 2.43. The van der Waals surface area contributed by atoms with Gasteiger partial charge >= 0.3 is 0 Å². The zero-order valence-electron chi connectivity index (χ0n) is 10.5. The van der Waals surface area contributed by atoms with Gasteiger partial charge in [-0.25, -0.2) is 18.1 Å². The van der Waals surface area contributed by atoms with E-state index in [1.807, 2.05) is 6.92 Å². The Labute approximate surface area is 116 Å². The first-order valence-corrected chi connectivity index (χ1v) is 8.23. The predicted molar refractivity (Wildman–Crippen MR) is 72.3 cm³/mol. The highest BCUT2D eigenvalue weighted by Crippen LogP contribution is 2.08. The monoisotopic (exact) mass is 339 g/mol. The largest absolute Gasteiger partial charge is 0.385 e. The summed E-state index contributed by atoms with van der Waals surface area (Å²) in [7, 11) is -1.97. The molecule has 0 amide bonds. The van der Waals surface area contributed by atoms with Gasteiger partial charge in [0, 0.05) is 37.8 Å². The molecule has 1 rings (SSSR count). The summed E-state index contributed by atoms with van der Waals surface area (Å²) in [5, 5.41) is 0.581. The molecule has 1 aromatic heterocycles. The molecule has 0 spiro atoms. The molecule has 0 radical (unpaired) electrons. The molecule has 18 heavy (non-hydrogen) atoms. The number of sulfonamides is 1. The first-order valence-electron chi connectivity index (χ1n) is 5.62. The molecular weight excluding hydrogens is 322 g/mol. The molecule has 0 bridgehead atoms. The van der Waals surface area contributed by atoms with Gasteiger partial charge in [-0.3, -0.25) is 0 Å². The SMILES string of the molecule is CCn1cnc(S(=O)(=O)NC(CBr)CCOC)c1. The van der Waals surface area contributed by atoms with E-state index in [-0.39, 0.29) is 11.1 Å². The minimum Gasteiger partial charge on any atom is -0.385 e. The van der Waals surface area contributed by atoms with E-state index in [0.29, 0.717) is 24.9 Å². The Morgan fingerprint density at radius 1 is 1.61 bits per heavy atom. The molecule has 0 saturated carbocycles. The molecule has 104 valence electrons. The van der Waals surface area contributed by atoms with E-state index in [1.165, 1.54) is 12.5 Å². The van der Waals surface area contributed by atoms with Gasteiger partial charge in [-0.1, -0.05) is 15.9 Å². The summed E-state index contributed by atoms with van der Waals surface area (Å²) in [6.45, 7) is 3.11. The summed E-state index contributed by atoms with van der Waals surface area (Å²) >= 11 is 3.28. The van der Waals surface area contributed by atoms with Crippen molar-refractivity contribution in [3.05, 3.63) is 12.5 Å². The van der Waals surface area contributed by atoms with Crippen LogP contribution >= 0.6 is 15.9 Å². The number of hydrogen-bond donors (Lipinski definition) is 1. The second-order valence-corrected chi connectivity index (χ2v) is 6.10. The first kappa shape index (κ1) is 15.6. The van der Waals surface area contributed by atoms with Crippen LogP contribution in [-0.4, -0.2) is 43.1 Å². The number of rotatable bonds is 8. The van der Waals surface area contributed by atoms with Gasteiger partial charge in [0.25, 0.3) is 10.0 Å². The topological polar surface area (TPSA) is 73.2 Å². The summed E-state index contributed by atoms with van der Waals surface area (Å²) in [6, 6.07) is -0.207. The molecule has 0 fully saturated rings. The lowest BCUT2D eigenvalue weighted by atomic mass is 10.3. The van der Waals surface area contributed by atoms with Crippen LogP contribution in [0.1, 0.15) is 13.3 Å². The molecule has 1 aromatic rings. The fraction of sp³-hybridized carbons (Fsp3) is 0.700. The van der Waals surface area contributed by atoms with Crippen molar-refractivity contribution in [2.75, 3.05) is 19.0 Å². The van der Waals surface area contributed by atoms with Crippen molar-refractivity contribution in [2.45, 2.75) is 31.0 Å². The maximum Gasteiger partial charge on any atom is 0.259 e. The van der Waals surface area contributed by atoms with Crippen molar-refractivity contribution in [2.24, 2.45) is 0 Å². The smallest absolute Gasteiger partial charge is 0.259 e. The minimum absolute atomic E-state index is 0.0488. The Morgan fingerprint density at radius 2 is 2.33 bits per heavy atom. The van der Waals surface area contributed by atoms with E-state index in [2.05, 4.69) is 25.6 Å². The highest BCUT2D eigenvalue weighted by atomic mass is 79.9. The standard InChI is InChI=1S/C10H18BrN3O3S/c1-3-14-7-10(12-8-14)18(15,16)13-9(6-11)4-5-17-2/h7-9,13H,3-6H2,1-2H3. The van der Waals surface area contributed by atoms with Gasteiger partial charge in [-0.15, -0.1) is 0 Å². The second kappa shape index (κ2) is 7.22. The maximum absolute atomic E-state index is 12.0. The van der Waals surface area contributed by atoms with Crippen LogP contribution in [0.4, 0.5) is 0 Å². The number of nitrogens with one attached hydrogen (secondary N) is 1. The molecule has 0 aliphatic carbocycles. The molecule has 1 heterocycles.